The molecule has 1 aliphatic rings. The molecule has 6 heteroatoms. The second-order valence-electron chi connectivity index (χ2n) is 6.22. The van der Waals surface area contributed by atoms with Gasteiger partial charge in [-0.15, -0.1) is 11.8 Å². The Morgan fingerprint density at radius 3 is 2.88 bits per heavy atom. The lowest BCUT2D eigenvalue weighted by atomic mass is 10.0. The molecule has 132 valence electrons. The number of carbonyl (C=O) groups excluding carboxylic acids is 1. The lowest BCUT2D eigenvalue weighted by Gasteiger charge is -2.33. The van der Waals surface area contributed by atoms with E-state index in [-0.39, 0.29) is 11.9 Å². The summed E-state index contributed by atoms with van der Waals surface area (Å²) in [4.78, 5) is 20.2. The molecule has 25 heavy (non-hydrogen) atoms. The van der Waals surface area contributed by atoms with Crippen LogP contribution in [0.5, 0.6) is 0 Å². The van der Waals surface area contributed by atoms with Gasteiger partial charge >= 0.3 is 0 Å². The van der Waals surface area contributed by atoms with E-state index in [1.807, 2.05) is 29.2 Å². The molecular weight excluding hydrogens is 375 g/mol. The monoisotopic (exact) mass is 394 g/mol. The smallest absolute Gasteiger partial charge is 0.272 e. The topological polar surface area (TPSA) is 33.2 Å². The number of pyridine rings is 1. The molecule has 0 N–H and O–H groups in total. The minimum Gasteiger partial charge on any atom is -0.335 e. The molecule has 1 saturated heterocycles. The van der Waals surface area contributed by atoms with Crippen LogP contribution in [0.25, 0.3) is 0 Å². The van der Waals surface area contributed by atoms with Gasteiger partial charge in [-0.05, 0) is 56.5 Å². The number of hydrogen-bond donors (Lipinski definition) is 0. The molecule has 0 aliphatic carbocycles. The SMILES string of the molecule is CC1CCCCN1C(=O)c1cccc(CSc2ccc(Cl)cc2Cl)n1. The Morgan fingerprint density at radius 2 is 2.12 bits per heavy atom. The van der Waals surface area contributed by atoms with E-state index in [1.165, 1.54) is 6.42 Å². The van der Waals surface area contributed by atoms with E-state index in [0.29, 0.717) is 21.5 Å². The van der Waals surface area contributed by atoms with Crippen molar-refractivity contribution >= 4 is 40.9 Å². The molecule has 1 aromatic heterocycles. The molecule has 1 amide bonds. The molecule has 0 spiro atoms. The summed E-state index contributed by atoms with van der Waals surface area (Å²) >= 11 is 13.7. The fourth-order valence-corrected chi connectivity index (χ4v) is 4.37. The second kappa shape index (κ2) is 8.43. The van der Waals surface area contributed by atoms with Crippen molar-refractivity contribution in [3.8, 4) is 0 Å². The van der Waals surface area contributed by atoms with Gasteiger partial charge in [0.2, 0.25) is 0 Å². The minimum atomic E-state index is 0.0311. The number of halogens is 2. The van der Waals surface area contributed by atoms with E-state index in [9.17, 15) is 4.79 Å². The molecule has 0 radical (unpaired) electrons. The third kappa shape index (κ3) is 4.69. The quantitative estimate of drug-likeness (QED) is 0.623. The Hall–Kier alpha value is -1.23. The van der Waals surface area contributed by atoms with Crippen molar-refractivity contribution in [1.82, 2.24) is 9.88 Å². The Morgan fingerprint density at radius 1 is 1.28 bits per heavy atom. The normalized spacial score (nSPS) is 17.6. The lowest BCUT2D eigenvalue weighted by molar-refractivity contribution is 0.0629. The fourth-order valence-electron chi connectivity index (χ4n) is 2.97. The predicted octanol–water partition coefficient (Wildman–Crippen LogP) is 5.70. The van der Waals surface area contributed by atoms with E-state index in [0.717, 1.165) is 30.0 Å². The van der Waals surface area contributed by atoms with Crippen LogP contribution in [0.2, 0.25) is 10.0 Å². The van der Waals surface area contributed by atoms with Gasteiger partial charge in [-0.25, -0.2) is 4.98 Å². The van der Waals surface area contributed by atoms with Gasteiger partial charge in [0.05, 0.1) is 10.7 Å². The molecular formula is C19H20Cl2N2OS. The van der Waals surface area contributed by atoms with Crippen LogP contribution >= 0.6 is 35.0 Å². The van der Waals surface area contributed by atoms with E-state index in [1.54, 1.807) is 23.9 Å². The molecule has 2 heterocycles. The number of carbonyl (C=O) groups is 1. The van der Waals surface area contributed by atoms with Crippen LogP contribution < -0.4 is 0 Å². The minimum absolute atomic E-state index is 0.0311. The first-order valence-corrected chi connectivity index (χ1v) is 10.1. The summed E-state index contributed by atoms with van der Waals surface area (Å²) in [5.41, 5.74) is 1.39. The van der Waals surface area contributed by atoms with Crippen LogP contribution in [0.4, 0.5) is 0 Å². The van der Waals surface area contributed by atoms with Gasteiger partial charge in [0.15, 0.2) is 0 Å². The third-order valence-corrected chi connectivity index (χ3v) is 6.13. The molecule has 2 aromatic rings. The lowest BCUT2D eigenvalue weighted by Crippen LogP contribution is -2.42. The van der Waals surface area contributed by atoms with Crippen molar-refractivity contribution in [2.75, 3.05) is 6.54 Å². The third-order valence-electron chi connectivity index (χ3n) is 4.36. The summed E-state index contributed by atoms with van der Waals surface area (Å²) < 4.78 is 0. The first-order valence-electron chi connectivity index (χ1n) is 8.39. The van der Waals surface area contributed by atoms with E-state index < -0.39 is 0 Å². The van der Waals surface area contributed by atoms with Crippen molar-refractivity contribution in [2.24, 2.45) is 0 Å². The van der Waals surface area contributed by atoms with Gasteiger partial charge in [0.25, 0.3) is 5.91 Å². The van der Waals surface area contributed by atoms with Crippen LogP contribution in [-0.2, 0) is 5.75 Å². The van der Waals surface area contributed by atoms with E-state index in [4.69, 9.17) is 23.2 Å². The van der Waals surface area contributed by atoms with Crippen molar-refractivity contribution in [3.63, 3.8) is 0 Å². The number of likely N-dealkylation sites (tertiary alicyclic amines) is 1. The average molecular weight is 395 g/mol. The second-order valence-corrected chi connectivity index (χ2v) is 8.08. The number of amides is 1. The molecule has 1 unspecified atom stereocenters. The van der Waals surface area contributed by atoms with Crippen LogP contribution in [0, 0.1) is 0 Å². The first-order chi connectivity index (χ1) is 12.0. The van der Waals surface area contributed by atoms with Crippen molar-refractivity contribution < 1.29 is 4.79 Å². The Kier molecular flexibility index (Phi) is 6.26. The summed E-state index contributed by atoms with van der Waals surface area (Å²) in [7, 11) is 0. The Labute approximate surface area is 162 Å². The molecule has 1 fully saturated rings. The van der Waals surface area contributed by atoms with Crippen molar-refractivity contribution in [1.29, 1.82) is 0 Å². The maximum absolute atomic E-state index is 12.7. The number of hydrogen-bond acceptors (Lipinski definition) is 3. The molecule has 3 nitrogen and oxygen atoms in total. The number of rotatable bonds is 4. The molecule has 0 saturated carbocycles. The average Bonchev–Trinajstić information content (AvgIpc) is 2.61. The van der Waals surface area contributed by atoms with Crippen LogP contribution in [0.15, 0.2) is 41.3 Å². The molecule has 1 atom stereocenters. The highest BCUT2D eigenvalue weighted by molar-refractivity contribution is 7.98. The van der Waals surface area contributed by atoms with Gasteiger partial charge < -0.3 is 4.90 Å². The molecule has 1 aromatic carbocycles. The summed E-state index contributed by atoms with van der Waals surface area (Å²) in [5.74, 6) is 0.682. The highest BCUT2D eigenvalue weighted by Gasteiger charge is 2.25. The Balaban J connectivity index is 1.69. The highest BCUT2D eigenvalue weighted by Crippen LogP contribution is 2.31. The van der Waals surface area contributed by atoms with Gasteiger partial charge in [-0.2, -0.15) is 0 Å². The van der Waals surface area contributed by atoms with Gasteiger partial charge in [0.1, 0.15) is 5.69 Å². The number of nitrogens with zero attached hydrogens (tertiary/aromatic N) is 2. The van der Waals surface area contributed by atoms with E-state index >= 15 is 0 Å². The van der Waals surface area contributed by atoms with E-state index in [2.05, 4.69) is 11.9 Å². The standard InChI is InChI=1S/C19H20Cl2N2OS/c1-13-5-2-3-10-23(13)19(24)17-7-4-6-15(22-17)12-25-18-9-8-14(20)11-16(18)21/h4,6-9,11,13H,2-3,5,10,12H2,1H3. The maximum atomic E-state index is 12.7. The fraction of sp³-hybridized carbons (Fsp3) is 0.368. The summed E-state index contributed by atoms with van der Waals surface area (Å²) in [6.45, 7) is 2.93. The molecule has 3 rings (SSSR count). The zero-order valence-electron chi connectivity index (χ0n) is 14.0. The Bertz CT molecular complexity index is 769. The van der Waals surface area contributed by atoms with Crippen molar-refractivity contribution in [2.45, 2.75) is 42.9 Å². The number of benzene rings is 1. The van der Waals surface area contributed by atoms with Crippen molar-refractivity contribution in [3.05, 3.63) is 57.8 Å². The summed E-state index contributed by atoms with van der Waals surface area (Å²) in [5, 5.41) is 1.25. The largest absolute Gasteiger partial charge is 0.335 e. The van der Waals surface area contributed by atoms with Crippen LogP contribution in [0.1, 0.15) is 42.4 Å². The zero-order valence-corrected chi connectivity index (χ0v) is 16.4. The first kappa shape index (κ1) is 18.6. The number of aromatic nitrogens is 1. The molecule has 0 bridgehead atoms. The summed E-state index contributed by atoms with van der Waals surface area (Å²) in [6.07, 6.45) is 3.33. The van der Waals surface area contributed by atoms with Gasteiger partial charge in [-0.1, -0.05) is 29.3 Å². The number of piperidine rings is 1. The maximum Gasteiger partial charge on any atom is 0.272 e. The summed E-state index contributed by atoms with van der Waals surface area (Å²) in [6, 6.07) is 11.4. The van der Waals surface area contributed by atoms with Gasteiger partial charge in [-0.3, -0.25) is 4.79 Å². The predicted molar refractivity (Wildman–Crippen MR) is 105 cm³/mol. The zero-order chi connectivity index (χ0) is 17.8. The van der Waals surface area contributed by atoms with Crippen LogP contribution in [-0.4, -0.2) is 28.4 Å². The molecule has 1 aliphatic heterocycles. The number of thioether (sulfide) groups is 1. The van der Waals surface area contributed by atoms with Gasteiger partial charge in [0, 0.05) is 28.3 Å². The highest BCUT2D eigenvalue weighted by atomic mass is 35.5. The van der Waals surface area contributed by atoms with Crippen LogP contribution in [0.3, 0.4) is 0 Å².